The minimum Gasteiger partial charge on any atom is -0.480 e. The average molecular weight is 304 g/mol. The Morgan fingerprint density at radius 3 is 2.59 bits per heavy atom. The fourth-order valence-electron chi connectivity index (χ4n) is 1.63. The number of nitrogens with two attached hydrogens (primary N) is 1. The SMILES string of the molecule is Nc1nc(NCC(=O)O)nc(Nc2ccccc2)c1[N+](=O)[O-]. The molecule has 0 saturated carbocycles. The molecule has 0 aliphatic heterocycles. The van der Waals surface area contributed by atoms with Gasteiger partial charge < -0.3 is 21.5 Å². The molecule has 0 aliphatic rings. The summed E-state index contributed by atoms with van der Waals surface area (Å²) in [6.45, 7) is -0.442. The highest BCUT2D eigenvalue weighted by atomic mass is 16.6. The molecule has 1 heterocycles. The molecule has 10 nitrogen and oxygen atoms in total. The number of nitro groups is 1. The molecule has 0 aliphatic carbocycles. The molecule has 1 aromatic heterocycles. The van der Waals surface area contributed by atoms with E-state index in [9.17, 15) is 14.9 Å². The maximum atomic E-state index is 11.1. The minimum absolute atomic E-state index is 0.121. The molecular weight excluding hydrogens is 292 g/mol. The molecule has 2 aromatic rings. The van der Waals surface area contributed by atoms with Crippen LogP contribution < -0.4 is 16.4 Å². The van der Waals surface area contributed by atoms with Crippen molar-refractivity contribution in [3.63, 3.8) is 0 Å². The van der Waals surface area contributed by atoms with Gasteiger partial charge in [0.1, 0.15) is 6.54 Å². The monoisotopic (exact) mass is 304 g/mol. The van der Waals surface area contributed by atoms with Gasteiger partial charge in [-0.1, -0.05) is 18.2 Å². The second-order valence-corrected chi connectivity index (χ2v) is 4.13. The van der Waals surface area contributed by atoms with Crippen LogP contribution in [-0.2, 0) is 4.79 Å². The van der Waals surface area contributed by atoms with Crippen molar-refractivity contribution in [2.45, 2.75) is 0 Å². The molecule has 22 heavy (non-hydrogen) atoms. The van der Waals surface area contributed by atoms with Crippen LogP contribution in [0.2, 0.25) is 0 Å². The molecule has 114 valence electrons. The lowest BCUT2D eigenvalue weighted by Gasteiger charge is -2.09. The van der Waals surface area contributed by atoms with E-state index in [-0.39, 0.29) is 17.6 Å². The standard InChI is InChI=1S/C12H12N6O4/c13-10-9(18(21)22)11(15-7-4-2-1-3-5-7)17-12(16-10)14-6-8(19)20/h1-5H,6H2,(H,19,20)(H4,13,14,15,16,17). The first kappa shape index (κ1) is 15.0. The zero-order valence-electron chi connectivity index (χ0n) is 11.2. The first-order valence-electron chi connectivity index (χ1n) is 6.07. The molecule has 0 radical (unpaired) electrons. The van der Waals surface area contributed by atoms with Crippen LogP contribution in [0.3, 0.4) is 0 Å². The van der Waals surface area contributed by atoms with Crippen LogP contribution in [0.4, 0.5) is 29.0 Å². The fraction of sp³-hybridized carbons (Fsp3) is 0.0833. The van der Waals surface area contributed by atoms with Gasteiger partial charge in [-0.05, 0) is 12.1 Å². The Labute approximate surface area is 124 Å². The maximum Gasteiger partial charge on any atom is 0.353 e. The second kappa shape index (κ2) is 6.35. The van der Waals surface area contributed by atoms with Crippen LogP contribution in [0.5, 0.6) is 0 Å². The van der Waals surface area contributed by atoms with Gasteiger partial charge in [0.15, 0.2) is 0 Å². The van der Waals surface area contributed by atoms with E-state index in [0.717, 1.165) is 0 Å². The highest BCUT2D eigenvalue weighted by Gasteiger charge is 2.23. The summed E-state index contributed by atoms with van der Waals surface area (Å²) < 4.78 is 0. The van der Waals surface area contributed by atoms with E-state index in [2.05, 4.69) is 20.6 Å². The van der Waals surface area contributed by atoms with Gasteiger partial charge in [0.2, 0.25) is 17.6 Å². The Bertz CT molecular complexity index is 706. The lowest BCUT2D eigenvalue weighted by molar-refractivity contribution is -0.383. The number of carbonyl (C=O) groups is 1. The Morgan fingerprint density at radius 1 is 1.32 bits per heavy atom. The Morgan fingerprint density at radius 2 is 2.00 bits per heavy atom. The van der Waals surface area contributed by atoms with Crippen LogP contribution in [-0.4, -0.2) is 32.5 Å². The smallest absolute Gasteiger partial charge is 0.353 e. The Kier molecular flexibility index (Phi) is 4.32. The highest BCUT2D eigenvalue weighted by Crippen LogP contribution is 2.31. The van der Waals surface area contributed by atoms with E-state index in [1.807, 2.05) is 0 Å². The number of carboxylic acid groups (broad SMARTS) is 1. The van der Waals surface area contributed by atoms with Gasteiger partial charge >= 0.3 is 11.7 Å². The van der Waals surface area contributed by atoms with Crippen molar-refractivity contribution >= 4 is 34.9 Å². The van der Waals surface area contributed by atoms with Gasteiger partial charge in [-0.15, -0.1) is 0 Å². The van der Waals surface area contributed by atoms with Crippen molar-refractivity contribution in [3.8, 4) is 0 Å². The summed E-state index contributed by atoms with van der Waals surface area (Å²) in [4.78, 5) is 28.5. The first-order valence-corrected chi connectivity index (χ1v) is 6.07. The molecule has 0 saturated heterocycles. The second-order valence-electron chi connectivity index (χ2n) is 4.13. The van der Waals surface area contributed by atoms with E-state index in [1.54, 1.807) is 30.3 Å². The summed E-state index contributed by atoms with van der Waals surface area (Å²) in [6, 6.07) is 8.64. The number of aromatic nitrogens is 2. The minimum atomic E-state index is -1.13. The number of benzene rings is 1. The normalized spacial score (nSPS) is 10.0. The molecule has 5 N–H and O–H groups in total. The largest absolute Gasteiger partial charge is 0.480 e. The van der Waals surface area contributed by atoms with Crippen molar-refractivity contribution in [1.82, 2.24) is 9.97 Å². The topological polar surface area (TPSA) is 156 Å². The lowest BCUT2D eigenvalue weighted by atomic mass is 10.3. The first-order chi connectivity index (χ1) is 10.5. The van der Waals surface area contributed by atoms with Gasteiger partial charge in [-0.2, -0.15) is 9.97 Å². The molecular formula is C12H12N6O4. The number of anilines is 4. The van der Waals surface area contributed by atoms with E-state index >= 15 is 0 Å². The summed E-state index contributed by atoms with van der Waals surface area (Å²) in [5.74, 6) is -1.75. The third-order valence-electron chi connectivity index (χ3n) is 2.53. The van der Waals surface area contributed by atoms with E-state index in [4.69, 9.17) is 10.8 Å². The average Bonchev–Trinajstić information content (AvgIpc) is 2.45. The van der Waals surface area contributed by atoms with Gasteiger partial charge in [0, 0.05) is 5.69 Å². The number of rotatable bonds is 6. The van der Waals surface area contributed by atoms with E-state index in [1.165, 1.54) is 0 Å². The quantitative estimate of drug-likeness (QED) is 0.454. The number of hydrogen-bond donors (Lipinski definition) is 4. The zero-order valence-corrected chi connectivity index (χ0v) is 11.2. The summed E-state index contributed by atoms with van der Waals surface area (Å²) in [6.07, 6.45) is 0. The van der Waals surface area contributed by atoms with Gasteiger partial charge in [-0.3, -0.25) is 14.9 Å². The molecule has 2 rings (SSSR count). The summed E-state index contributed by atoms with van der Waals surface area (Å²) in [5.41, 5.74) is 5.64. The van der Waals surface area contributed by atoms with Gasteiger partial charge in [0.25, 0.3) is 0 Å². The van der Waals surface area contributed by atoms with Crippen molar-refractivity contribution < 1.29 is 14.8 Å². The van der Waals surface area contributed by atoms with Crippen molar-refractivity contribution in [2.75, 3.05) is 22.9 Å². The predicted molar refractivity (Wildman–Crippen MR) is 78.9 cm³/mol. The van der Waals surface area contributed by atoms with Crippen LogP contribution in [0.15, 0.2) is 30.3 Å². The molecule has 0 atom stereocenters. The summed E-state index contributed by atoms with van der Waals surface area (Å²) in [5, 5.41) is 24.9. The third-order valence-corrected chi connectivity index (χ3v) is 2.53. The van der Waals surface area contributed by atoms with E-state index in [0.29, 0.717) is 5.69 Å². The zero-order chi connectivity index (χ0) is 16.1. The van der Waals surface area contributed by atoms with Crippen LogP contribution in [0.1, 0.15) is 0 Å². The fourth-order valence-corrected chi connectivity index (χ4v) is 1.63. The number of nitrogens with one attached hydrogen (secondary N) is 2. The van der Waals surface area contributed by atoms with Gasteiger partial charge in [0.05, 0.1) is 4.92 Å². The van der Waals surface area contributed by atoms with Crippen LogP contribution in [0, 0.1) is 10.1 Å². The maximum absolute atomic E-state index is 11.1. The molecule has 0 fully saturated rings. The number of nitrogen functional groups attached to an aromatic ring is 1. The molecule has 0 bridgehead atoms. The highest BCUT2D eigenvalue weighted by molar-refractivity contribution is 5.76. The van der Waals surface area contributed by atoms with E-state index < -0.39 is 23.1 Å². The summed E-state index contributed by atoms with van der Waals surface area (Å²) in [7, 11) is 0. The van der Waals surface area contributed by atoms with Gasteiger partial charge in [-0.25, -0.2) is 0 Å². The third kappa shape index (κ3) is 3.56. The molecule has 10 heteroatoms. The van der Waals surface area contributed by atoms with Crippen molar-refractivity contribution in [2.24, 2.45) is 0 Å². The summed E-state index contributed by atoms with van der Waals surface area (Å²) >= 11 is 0. The molecule has 0 unspecified atom stereocenters. The van der Waals surface area contributed by atoms with Crippen LogP contribution in [0.25, 0.3) is 0 Å². The molecule has 0 amide bonds. The number of hydrogen-bond acceptors (Lipinski definition) is 8. The van der Waals surface area contributed by atoms with Crippen molar-refractivity contribution in [3.05, 3.63) is 40.4 Å². The lowest BCUT2D eigenvalue weighted by Crippen LogP contribution is -2.16. The Balaban J connectivity index is 2.39. The number of nitrogens with zero attached hydrogens (tertiary/aromatic N) is 3. The molecule has 1 aromatic carbocycles. The van der Waals surface area contributed by atoms with Crippen LogP contribution >= 0.6 is 0 Å². The van der Waals surface area contributed by atoms with Crippen molar-refractivity contribution in [1.29, 1.82) is 0 Å². The number of aliphatic carboxylic acids is 1. The number of carboxylic acids is 1. The number of para-hydroxylation sites is 1. The predicted octanol–water partition coefficient (Wildman–Crippen LogP) is 1.21. The molecule has 0 spiro atoms. The Hall–Kier alpha value is -3.43.